The van der Waals surface area contributed by atoms with Crippen molar-refractivity contribution in [1.29, 1.82) is 0 Å². The SMILES string of the molecule is CCC(=O)CCCCC[C@@H]1NC(=O)[C@H]2CCCCN2C(=O)[C@H]([C@@H](C)CC)N(S(=O)(=O)c2ccccc2[N+](=O)[O-])C[C@H](Cc2c[nH]c3ccccc23)NC1=O. The first-order valence-electron chi connectivity index (χ1n) is 19.1. The molecule has 5 atom stereocenters. The first-order valence-corrected chi connectivity index (χ1v) is 20.5. The maximum atomic E-state index is 14.9. The maximum absolute atomic E-state index is 14.9. The zero-order chi connectivity index (χ0) is 39.0. The predicted molar refractivity (Wildman–Crippen MR) is 204 cm³/mol. The molecule has 3 amide bonds. The fraction of sp³-hybridized carbons (Fsp3) is 0.538. The number of nitrogens with zero attached hydrogens (tertiary/aromatic N) is 3. The van der Waals surface area contributed by atoms with Crippen LogP contribution in [-0.4, -0.2) is 88.3 Å². The van der Waals surface area contributed by atoms with Crippen molar-refractivity contribution < 1.29 is 32.5 Å². The number of hydrogen-bond acceptors (Lipinski definition) is 8. The van der Waals surface area contributed by atoms with Gasteiger partial charge in [-0.1, -0.05) is 70.4 Å². The number of aromatic amines is 1. The topological polar surface area (TPSA) is 192 Å². The summed E-state index contributed by atoms with van der Waals surface area (Å²) in [7, 11) is -4.77. The van der Waals surface area contributed by atoms with Crippen molar-refractivity contribution in [3.63, 3.8) is 0 Å². The van der Waals surface area contributed by atoms with E-state index in [4.69, 9.17) is 0 Å². The summed E-state index contributed by atoms with van der Waals surface area (Å²) in [6.07, 6.45) is 6.93. The van der Waals surface area contributed by atoms with Gasteiger partial charge in [-0.05, 0) is 62.1 Å². The van der Waals surface area contributed by atoms with Crippen LogP contribution < -0.4 is 10.6 Å². The lowest BCUT2D eigenvalue weighted by Crippen LogP contribution is -2.64. The number of fused-ring (bicyclic) bond motifs is 2. The molecule has 15 heteroatoms. The molecule has 0 radical (unpaired) electrons. The van der Waals surface area contributed by atoms with Crippen LogP contribution in [0.2, 0.25) is 0 Å². The molecule has 3 aromatic rings. The van der Waals surface area contributed by atoms with E-state index >= 15 is 0 Å². The molecule has 3 heterocycles. The number of carbonyl (C=O) groups is 4. The molecule has 54 heavy (non-hydrogen) atoms. The predicted octanol–water partition coefficient (Wildman–Crippen LogP) is 5.02. The number of ketones is 1. The summed E-state index contributed by atoms with van der Waals surface area (Å²) in [6.45, 7) is 5.24. The molecule has 14 nitrogen and oxygen atoms in total. The van der Waals surface area contributed by atoms with Crippen LogP contribution in [0.1, 0.15) is 90.5 Å². The van der Waals surface area contributed by atoms with E-state index in [-0.39, 0.29) is 31.7 Å². The van der Waals surface area contributed by atoms with Crippen molar-refractivity contribution in [2.45, 2.75) is 120 Å². The maximum Gasteiger partial charge on any atom is 0.289 e. The van der Waals surface area contributed by atoms with E-state index in [1.165, 1.54) is 17.0 Å². The van der Waals surface area contributed by atoms with Gasteiger partial charge in [-0.25, -0.2) is 8.42 Å². The first kappa shape index (κ1) is 40.6. The molecule has 2 aromatic carbocycles. The average Bonchev–Trinajstić information content (AvgIpc) is 3.58. The van der Waals surface area contributed by atoms with Crippen molar-refractivity contribution in [3.05, 3.63) is 70.4 Å². The standard InChI is InChI=1S/C39H52N6O8S/c1-4-26(3)36-39(49)43-22-14-13-20-34(43)38(48)42-32(18-8-6-7-15-29(46)5-2)37(47)41-28(23-27-24-40-31-17-10-9-16-30(27)31)25-44(36)54(52,53)35-21-12-11-19-33(35)45(50)51/h9-12,16-17,19,21,24,26,28,32,34,36,40H,4-8,13-15,18,20,22-23,25H2,1-3H3,(H,41,47)(H,42,48)/t26-,28-,32-,34+,36-/m0/s1. The number of para-hydroxylation sites is 2. The van der Waals surface area contributed by atoms with Gasteiger partial charge in [-0.2, -0.15) is 4.31 Å². The third-order valence-corrected chi connectivity index (χ3v) is 12.7. The zero-order valence-corrected chi connectivity index (χ0v) is 32.1. The second-order valence-electron chi connectivity index (χ2n) is 14.5. The summed E-state index contributed by atoms with van der Waals surface area (Å²) in [5, 5.41) is 19.1. The Labute approximate surface area is 316 Å². The largest absolute Gasteiger partial charge is 0.361 e. The highest BCUT2D eigenvalue weighted by molar-refractivity contribution is 7.89. The highest BCUT2D eigenvalue weighted by Crippen LogP contribution is 2.33. The monoisotopic (exact) mass is 764 g/mol. The number of hydrogen-bond donors (Lipinski definition) is 3. The number of nitro benzene ring substituents is 1. The van der Waals surface area contributed by atoms with Gasteiger partial charge < -0.3 is 20.5 Å². The number of rotatable bonds is 14. The van der Waals surface area contributed by atoms with Crippen LogP contribution in [0, 0.1) is 16.0 Å². The number of benzene rings is 2. The minimum absolute atomic E-state index is 0.145. The number of Topliss-reactive ketones (excluding diaryl/α,β-unsaturated/α-hetero) is 1. The fourth-order valence-electron chi connectivity index (χ4n) is 7.63. The average molecular weight is 765 g/mol. The van der Waals surface area contributed by atoms with Crippen LogP contribution in [0.4, 0.5) is 5.69 Å². The van der Waals surface area contributed by atoms with Gasteiger partial charge in [-0.3, -0.25) is 29.3 Å². The number of sulfonamides is 1. The molecule has 5 rings (SSSR count). The van der Waals surface area contributed by atoms with Gasteiger partial charge in [0, 0.05) is 55.1 Å². The number of piperidine rings is 1. The Balaban J connectivity index is 1.63. The van der Waals surface area contributed by atoms with E-state index in [1.807, 2.05) is 38.1 Å². The highest BCUT2D eigenvalue weighted by Gasteiger charge is 2.47. The Morgan fingerprint density at radius 3 is 2.46 bits per heavy atom. The van der Waals surface area contributed by atoms with Crippen LogP contribution in [0.5, 0.6) is 0 Å². The zero-order valence-electron chi connectivity index (χ0n) is 31.3. The lowest BCUT2D eigenvalue weighted by atomic mass is 9.93. The lowest BCUT2D eigenvalue weighted by Gasteiger charge is -2.43. The Kier molecular flexibility index (Phi) is 13.6. The van der Waals surface area contributed by atoms with E-state index in [9.17, 15) is 37.7 Å². The number of nitrogens with one attached hydrogen (secondary N) is 3. The summed E-state index contributed by atoms with van der Waals surface area (Å²) in [5.74, 6) is -1.96. The van der Waals surface area contributed by atoms with E-state index in [1.54, 1.807) is 13.1 Å². The van der Waals surface area contributed by atoms with Crippen molar-refractivity contribution in [2.24, 2.45) is 5.92 Å². The molecule has 0 aliphatic carbocycles. The van der Waals surface area contributed by atoms with Crippen molar-refractivity contribution in [1.82, 2.24) is 24.8 Å². The minimum atomic E-state index is -4.77. The van der Waals surface area contributed by atoms with E-state index < -0.39 is 73.3 Å². The summed E-state index contributed by atoms with van der Waals surface area (Å²) >= 11 is 0. The fourth-order valence-corrected chi connectivity index (χ4v) is 9.52. The van der Waals surface area contributed by atoms with Gasteiger partial charge in [-0.15, -0.1) is 0 Å². The van der Waals surface area contributed by atoms with Crippen LogP contribution in [0.3, 0.4) is 0 Å². The van der Waals surface area contributed by atoms with Gasteiger partial charge in [0.1, 0.15) is 23.9 Å². The third kappa shape index (κ3) is 9.17. The quantitative estimate of drug-likeness (QED) is 0.116. The number of nitro groups is 1. The molecule has 0 bridgehead atoms. The molecule has 2 fully saturated rings. The molecule has 1 aromatic heterocycles. The molecule has 0 saturated carbocycles. The van der Waals surface area contributed by atoms with Gasteiger partial charge in [0.15, 0.2) is 4.90 Å². The molecule has 0 spiro atoms. The van der Waals surface area contributed by atoms with Gasteiger partial charge in [0.25, 0.3) is 15.7 Å². The Morgan fingerprint density at radius 1 is 0.981 bits per heavy atom. The van der Waals surface area contributed by atoms with Gasteiger partial charge in [0.2, 0.25) is 17.7 Å². The number of H-pyrrole nitrogens is 1. The van der Waals surface area contributed by atoms with E-state index in [0.717, 1.165) is 32.9 Å². The van der Waals surface area contributed by atoms with Gasteiger partial charge in [0.05, 0.1) is 4.92 Å². The third-order valence-electron chi connectivity index (χ3n) is 10.8. The van der Waals surface area contributed by atoms with E-state index in [2.05, 4.69) is 15.6 Å². The van der Waals surface area contributed by atoms with Crippen molar-refractivity contribution in [2.75, 3.05) is 13.1 Å². The number of amides is 3. The molecular weight excluding hydrogens is 713 g/mol. The van der Waals surface area contributed by atoms with Gasteiger partial charge >= 0.3 is 0 Å². The molecular formula is C39H52N6O8S. The molecule has 2 aliphatic heterocycles. The molecule has 3 N–H and O–H groups in total. The second kappa shape index (κ2) is 18.1. The Hall–Kier alpha value is -4.63. The molecule has 2 aliphatic rings. The smallest absolute Gasteiger partial charge is 0.289 e. The number of carbonyl (C=O) groups excluding carboxylic acids is 4. The van der Waals surface area contributed by atoms with Crippen molar-refractivity contribution >= 4 is 50.1 Å². The normalized spacial score (nSPS) is 22.4. The summed E-state index contributed by atoms with van der Waals surface area (Å²) < 4.78 is 30.9. The minimum Gasteiger partial charge on any atom is -0.361 e. The van der Waals surface area contributed by atoms with Crippen LogP contribution in [-0.2, 0) is 35.6 Å². The summed E-state index contributed by atoms with van der Waals surface area (Å²) in [5.41, 5.74) is 0.994. The summed E-state index contributed by atoms with van der Waals surface area (Å²) in [4.78, 5) is 70.8. The molecule has 2 saturated heterocycles. The lowest BCUT2D eigenvalue weighted by molar-refractivity contribution is -0.387. The first-order chi connectivity index (χ1) is 25.9. The number of aromatic nitrogens is 1. The van der Waals surface area contributed by atoms with Crippen LogP contribution in [0.25, 0.3) is 10.9 Å². The van der Waals surface area contributed by atoms with Crippen molar-refractivity contribution in [3.8, 4) is 0 Å². The Bertz CT molecular complexity index is 1950. The highest BCUT2D eigenvalue weighted by atomic mass is 32.2. The Morgan fingerprint density at radius 2 is 1.72 bits per heavy atom. The summed E-state index contributed by atoms with van der Waals surface area (Å²) in [6, 6.07) is 8.42. The molecule has 0 unspecified atom stereocenters. The second-order valence-corrected chi connectivity index (χ2v) is 16.4. The van der Waals surface area contributed by atoms with E-state index in [0.29, 0.717) is 57.8 Å². The van der Waals surface area contributed by atoms with Crippen LogP contribution >= 0.6 is 0 Å². The molecule has 292 valence electrons. The number of unbranched alkanes of at least 4 members (excludes halogenated alkanes) is 2. The van der Waals surface area contributed by atoms with Crippen LogP contribution in [0.15, 0.2) is 59.6 Å².